The predicted octanol–water partition coefficient (Wildman–Crippen LogP) is 3.75. The van der Waals surface area contributed by atoms with Crippen molar-refractivity contribution in [1.82, 2.24) is 20.0 Å². The monoisotopic (exact) mass is 495 g/mol. The van der Waals surface area contributed by atoms with Gasteiger partial charge in [0.2, 0.25) is 11.8 Å². The number of anilines is 1. The summed E-state index contributed by atoms with van der Waals surface area (Å²) in [5.74, 6) is 0.335. The van der Waals surface area contributed by atoms with E-state index in [0.29, 0.717) is 30.2 Å². The molecule has 1 fully saturated rings. The third-order valence-electron chi connectivity index (χ3n) is 5.76. The molecule has 9 heteroatoms. The predicted molar refractivity (Wildman–Crippen MR) is 137 cm³/mol. The lowest BCUT2D eigenvalue weighted by molar-refractivity contribution is -0.121. The number of carbonyl (C=O) groups excluding carboxylic acids is 2. The normalized spacial score (nSPS) is 14.0. The first kappa shape index (κ1) is 24.9. The zero-order chi connectivity index (χ0) is 24.5. The van der Waals surface area contributed by atoms with Crippen molar-refractivity contribution in [2.45, 2.75) is 19.3 Å². The Morgan fingerprint density at radius 2 is 1.74 bits per heavy atom. The van der Waals surface area contributed by atoms with Gasteiger partial charge >= 0.3 is 0 Å². The van der Waals surface area contributed by atoms with E-state index >= 15 is 0 Å². The van der Waals surface area contributed by atoms with Crippen molar-refractivity contribution in [2.24, 2.45) is 0 Å². The van der Waals surface area contributed by atoms with Gasteiger partial charge in [-0.05, 0) is 24.6 Å². The van der Waals surface area contributed by atoms with Crippen LogP contribution in [0.3, 0.4) is 0 Å². The molecule has 2 heterocycles. The highest BCUT2D eigenvalue weighted by atomic mass is 35.5. The smallest absolute Gasteiger partial charge is 0.225 e. The number of carbonyl (C=O) groups is 2. The lowest BCUT2D eigenvalue weighted by Crippen LogP contribution is -2.41. The fourth-order valence-corrected chi connectivity index (χ4v) is 4.09. The Morgan fingerprint density at radius 1 is 0.971 bits per heavy atom. The molecule has 0 spiro atoms. The molecule has 2 N–H and O–H groups in total. The number of aromatic nitrogens is 2. The number of nitrogens with one attached hydrogen (secondary N) is 2. The number of nitrogens with zero attached hydrogens (tertiary/aromatic N) is 3. The maximum Gasteiger partial charge on any atom is 0.225 e. The van der Waals surface area contributed by atoms with E-state index in [-0.39, 0.29) is 18.2 Å². The highest BCUT2D eigenvalue weighted by Crippen LogP contribution is 2.26. The molecule has 2 amide bonds. The molecule has 184 valence electrons. The molecule has 2 aromatic carbocycles. The fourth-order valence-electron chi connectivity index (χ4n) is 3.91. The van der Waals surface area contributed by atoms with Crippen LogP contribution in [0.2, 0.25) is 5.02 Å². The van der Waals surface area contributed by atoms with Crippen molar-refractivity contribution in [1.29, 1.82) is 0 Å². The minimum Gasteiger partial charge on any atom is -0.379 e. The Kier molecular flexibility index (Phi) is 8.89. The SMILES string of the molecule is O=C(CCCC(=O)Nc1cc(-c2ccccc2)nn1-c1cccc(Cl)c1)NCCN1CCOCC1. The fraction of sp³-hybridized carbons (Fsp3) is 0.346. The number of ether oxygens (including phenoxy) is 1. The van der Waals surface area contributed by atoms with Gasteiger partial charge in [-0.1, -0.05) is 48.0 Å². The molecule has 0 saturated carbocycles. The molecule has 35 heavy (non-hydrogen) atoms. The summed E-state index contributed by atoms with van der Waals surface area (Å²) in [7, 11) is 0. The van der Waals surface area contributed by atoms with Crippen molar-refractivity contribution < 1.29 is 14.3 Å². The van der Waals surface area contributed by atoms with Crippen LogP contribution in [-0.2, 0) is 14.3 Å². The first-order chi connectivity index (χ1) is 17.1. The van der Waals surface area contributed by atoms with E-state index in [2.05, 4.69) is 15.5 Å². The number of hydrogen-bond acceptors (Lipinski definition) is 5. The minimum atomic E-state index is -0.172. The topological polar surface area (TPSA) is 88.5 Å². The molecule has 0 bridgehead atoms. The quantitative estimate of drug-likeness (QED) is 0.447. The van der Waals surface area contributed by atoms with Gasteiger partial charge in [0.1, 0.15) is 5.82 Å². The van der Waals surface area contributed by atoms with Gasteiger partial charge in [0.15, 0.2) is 0 Å². The first-order valence-electron chi connectivity index (χ1n) is 11.9. The Labute approximate surface area is 210 Å². The Bertz CT molecular complexity index is 1130. The maximum absolute atomic E-state index is 12.7. The highest BCUT2D eigenvalue weighted by molar-refractivity contribution is 6.30. The van der Waals surface area contributed by atoms with E-state index in [4.69, 9.17) is 21.4 Å². The van der Waals surface area contributed by atoms with Gasteiger partial charge in [0.25, 0.3) is 0 Å². The number of amides is 2. The average Bonchev–Trinajstić information content (AvgIpc) is 3.29. The van der Waals surface area contributed by atoms with Crippen molar-refractivity contribution in [3.63, 3.8) is 0 Å². The van der Waals surface area contributed by atoms with Gasteiger partial charge in [-0.25, -0.2) is 4.68 Å². The van der Waals surface area contributed by atoms with Crippen LogP contribution in [0, 0.1) is 0 Å². The largest absolute Gasteiger partial charge is 0.379 e. The summed E-state index contributed by atoms with van der Waals surface area (Å²) in [5, 5.41) is 11.2. The second-order valence-electron chi connectivity index (χ2n) is 8.38. The number of halogens is 1. The van der Waals surface area contributed by atoms with Gasteiger partial charge in [-0.2, -0.15) is 5.10 Å². The molecule has 1 aliphatic heterocycles. The van der Waals surface area contributed by atoms with Crippen LogP contribution in [0.4, 0.5) is 5.82 Å². The molecule has 0 aliphatic carbocycles. The van der Waals surface area contributed by atoms with Gasteiger partial charge in [0.05, 0.1) is 24.6 Å². The average molecular weight is 496 g/mol. The standard InChI is InChI=1S/C26H30ClN5O3/c27-21-8-4-9-22(18-21)32-24(19-23(30-32)20-6-2-1-3-7-20)29-26(34)11-5-10-25(33)28-12-13-31-14-16-35-17-15-31/h1-4,6-9,18-19H,5,10-17H2,(H,28,33)(H,29,34). The van der Waals surface area contributed by atoms with Crippen molar-refractivity contribution in [3.8, 4) is 16.9 Å². The van der Waals surface area contributed by atoms with E-state index in [9.17, 15) is 9.59 Å². The Morgan fingerprint density at radius 3 is 2.51 bits per heavy atom. The van der Waals surface area contributed by atoms with Crippen LogP contribution >= 0.6 is 11.6 Å². The van der Waals surface area contributed by atoms with Gasteiger partial charge < -0.3 is 15.4 Å². The van der Waals surface area contributed by atoms with E-state index in [1.807, 2.05) is 48.5 Å². The van der Waals surface area contributed by atoms with Crippen LogP contribution < -0.4 is 10.6 Å². The van der Waals surface area contributed by atoms with Crippen molar-refractivity contribution in [3.05, 3.63) is 65.7 Å². The molecule has 0 radical (unpaired) electrons. The lowest BCUT2D eigenvalue weighted by Gasteiger charge is -2.26. The summed E-state index contributed by atoms with van der Waals surface area (Å²) in [4.78, 5) is 27.1. The number of rotatable bonds is 10. The first-order valence-corrected chi connectivity index (χ1v) is 12.2. The molecule has 3 aromatic rings. The maximum atomic E-state index is 12.7. The molecule has 0 atom stereocenters. The van der Waals surface area contributed by atoms with Crippen LogP contribution in [0.5, 0.6) is 0 Å². The van der Waals surface area contributed by atoms with Crippen LogP contribution in [0.15, 0.2) is 60.7 Å². The van der Waals surface area contributed by atoms with E-state index in [1.54, 1.807) is 16.8 Å². The molecular weight excluding hydrogens is 466 g/mol. The number of benzene rings is 2. The Balaban J connectivity index is 1.31. The van der Waals surface area contributed by atoms with Gasteiger partial charge in [-0.15, -0.1) is 0 Å². The van der Waals surface area contributed by atoms with E-state index in [1.165, 1.54) is 0 Å². The summed E-state index contributed by atoms with van der Waals surface area (Å²) in [6, 6.07) is 18.9. The minimum absolute atomic E-state index is 0.0404. The second-order valence-corrected chi connectivity index (χ2v) is 8.81. The summed E-state index contributed by atoms with van der Waals surface area (Å²) in [5.41, 5.74) is 2.42. The molecule has 1 saturated heterocycles. The molecular formula is C26H30ClN5O3. The third kappa shape index (κ3) is 7.39. The molecule has 4 rings (SSSR count). The van der Waals surface area contributed by atoms with Crippen molar-refractivity contribution >= 4 is 29.2 Å². The zero-order valence-electron chi connectivity index (χ0n) is 19.6. The van der Waals surface area contributed by atoms with Crippen LogP contribution in [0.25, 0.3) is 16.9 Å². The van der Waals surface area contributed by atoms with Crippen LogP contribution in [-0.4, -0.2) is 65.9 Å². The molecule has 8 nitrogen and oxygen atoms in total. The third-order valence-corrected chi connectivity index (χ3v) is 6.00. The zero-order valence-corrected chi connectivity index (χ0v) is 20.3. The van der Waals surface area contributed by atoms with E-state index < -0.39 is 0 Å². The second kappa shape index (κ2) is 12.5. The summed E-state index contributed by atoms with van der Waals surface area (Å²) < 4.78 is 7.00. The van der Waals surface area contributed by atoms with Crippen LogP contribution in [0.1, 0.15) is 19.3 Å². The molecule has 1 aliphatic rings. The lowest BCUT2D eigenvalue weighted by atomic mass is 10.1. The Hall–Kier alpha value is -3.20. The summed E-state index contributed by atoms with van der Waals surface area (Å²) in [6.07, 6.45) is 1.00. The summed E-state index contributed by atoms with van der Waals surface area (Å²) >= 11 is 6.18. The molecule has 1 aromatic heterocycles. The van der Waals surface area contributed by atoms with Gasteiger partial charge in [-0.3, -0.25) is 14.5 Å². The highest BCUT2D eigenvalue weighted by Gasteiger charge is 2.15. The van der Waals surface area contributed by atoms with E-state index in [0.717, 1.165) is 49.8 Å². The van der Waals surface area contributed by atoms with Crippen molar-refractivity contribution in [2.75, 3.05) is 44.7 Å². The number of hydrogen-bond donors (Lipinski definition) is 2. The molecule has 0 unspecified atom stereocenters. The summed E-state index contributed by atoms with van der Waals surface area (Å²) in [6.45, 7) is 4.69. The number of morpholine rings is 1. The van der Waals surface area contributed by atoms with Gasteiger partial charge in [0, 0.05) is 55.7 Å².